The molecule has 0 radical (unpaired) electrons. The number of benzene rings is 1. The number of carbonyl (C=O) groups is 1. The highest BCUT2D eigenvalue weighted by atomic mass is 35.5. The van der Waals surface area contributed by atoms with E-state index in [1.54, 1.807) is 14.2 Å². The number of hydrogen-bond acceptors (Lipinski definition) is 4. The fourth-order valence-corrected chi connectivity index (χ4v) is 3.72. The lowest BCUT2D eigenvalue weighted by atomic mass is 9.69. The quantitative estimate of drug-likeness (QED) is 0.763. The van der Waals surface area contributed by atoms with Gasteiger partial charge in [0.25, 0.3) is 0 Å². The Hall–Kier alpha value is -1.46. The molecule has 3 N–H and O–H groups in total. The summed E-state index contributed by atoms with van der Waals surface area (Å²) in [4.78, 5) is 12.5. The second kappa shape index (κ2) is 9.65. The third-order valence-corrected chi connectivity index (χ3v) is 5.62. The number of carbonyl (C=O) groups excluding carboxylic acids is 1. The Kier molecular flexibility index (Phi) is 8.43. The molecule has 1 amide bonds. The van der Waals surface area contributed by atoms with E-state index in [4.69, 9.17) is 15.2 Å². The summed E-state index contributed by atoms with van der Waals surface area (Å²) in [6, 6.07) is 5.59. The topological polar surface area (TPSA) is 73.6 Å². The first-order valence-electron chi connectivity index (χ1n) is 9.49. The Bertz CT molecular complexity index is 622. The number of halogens is 1. The van der Waals surface area contributed by atoms with Crippen molar-refractivity contribution in [1.29, 1.82) is 0 Å². The predicted molar refractivity (Wildman–Crippen MR) is 112 cm³/mol. The van der Waals surface area contributed by atoms with E-state index in [1.165, 1.54) is 12.0 Å². The molecule has 0 aromatic heterocycles. The minimum atomic E-state index is -0.520. The van der Waals surface area contributed by atoms with E-state index >= 15 is 0 Å². The molecule has 1 fully saturated rings. The molecule has 1 aliphatic carbocycles. The Labute approximate surface area is 169 Å². The fourth-order valence-electron chi connectivity index (χ4n) is 3.72. The van der Waals surface area contributed by atoms with E-state index in [9.17, 15) is 4.79 Å². The van der Waals surface area contributed by atoms with Gasteiger partial charge in [-0.2, -0.15) is 0 Å². The van der Waals surface area contributed by atoms with Gasteiger partial charge in [0.1, 0.15) is 0 Å². The summed E-state index contributed by atoms with van der Waals surface area (Å²) in [6.07, 6.45) is 5.66. The molecule has 1 saturated carbocycles. The first kappa shape index (κ1) is 23.6. The lowest BCUT2D eigenvalue weighted by Crippen LogP contribution is -2.52. The van der Waals surface area contributed by atoms with Crippen LogP contribution in [-0.2, 0) is 10.2 Å². The van der Waals surface area contributed by atoms with Crippen molar-refractivity contribution in [2.24, 2.45) is 11.1 Å². The molecule has 1 aliphatic rings. The molecular weight excluding hydrogens is 364 g/mol. The number of nitrogens with two attached hydrogens (primary N) is 1. The molecule has 0 spiro atoms. The van der Waals surface area contributed by atoms with E-state index in [-0.39, 0.29) is 29.1 Å². The van der Waals surface area contributed by atoms with Crippen LogP contribution in [0.3, 0.4) is 0 Å². The summed E-state index contributed by atoms with van der Waals surface area (Å²) < 4.78 is 10.9. The number of hydrogen-bond donors (Lipinski definition) is 2. The molecule has 6 heteroatoms. The highest BCUT2D eigenvalue weighted by Crippen LogP contribution is 2.42. The van der Waals surface area contributed by atoms with Crippen LogP contribution < -0.4 is 20.5 Å². The Balaban J connectivity index is 0.00000364. The Morgan fingerprint density at radius 2 is 1.74 bits per heavy atom. The van der Waals surface area contributed by atoms with E-state index in [0.29, 0.717) is 6.54 Å². The number of methoxy groups -OCH3 is 2. The lowest BCUT2D eigenvalue weighted by Gasteiger charge is -2.39. The van der Waals surface area contributed by atoms with Crippen LogP contribution in [0.1, 0.15) is 58.4 Å². The Morgan fingerprint density at radius 3 is 2.26 bits per heavy atom. The zero-order valence-corrected chi connectivity index (χ0v) is 18.1. The summed E-state index contributed by atoms with van der Waals surface area (Å²) in [5.41, 5.74) is 6.99. The van der Waals surface area contributed by atoms with Gasteiger partial charge in [-0.05, 0) is 36.0 Å². The summed E-state index contributed by atoms with van der Waals surface area (Å²) in [5.74, 6) is 1.37. The number of amides is 1. The molecule has 2 rings (SSSR count). The Morgan fingerprint density at radius 1 is 1.15 bits per heavy atom. The lowest BCUT2D eigenvalue weighted by molar-refractivity contribution is -0.124. The normalized spacial score (nSPS) is 17.4. The van der Waals surface area contributed by atoms with Gasteiger partial charge in [-0.15, -0.1) is 12.4 Å². The molecule has 1 aromatic carbocycles. The minimum Gasteiger partial charge on any atom is -0.493 e. The second-order valence-electron chi connectivity index (χ2n) is 8.47. The summed E-state index contributed by atoms with van der Waals surface area (Å²) in [6.45, 7) is 6.57. The van der Waals surface area contributed by atoms with Crippen molar-refractivity contribution < 1.29 is 14.3 Å². The van der Waals surface area contributed by atoms with Crippen LogP contribution in [0.5, 0.6) is 11.5 Å². The van der Waals surface area contributed by atoms with Crippen molar-refractivity contribution >= 4 is 18.3 Å². The molecular formula is C21H35ClN2O3. The molecule has 5 nitrogen and oxygen atoms in total. The van der Waals surface area contributed by atoms with Crippen LogP contribution in [0.15, 0.2) is 18.2 Å². The molecule has 1 atom stereocenters. The van der Waals surface area contributed by atoms with Gasteiger partial charge < -0.3 is 20.5 Å². The number of ether oxygens (including phenoxy) is 2. The largest absolute Gasteiger partial charge is 0.493 e. The molecule has 0 saturated heterocycles. The van der Waals surface area contributed by atoms with E-state index in [1.807, 2.05) is 26.8 Å². The zero-order valence-electron chi connectivity index (χ0n) is 17.3. The first-order valence-corrected chi connectivity index (χ1v) is 9.49. The van der Waals surface area contributed by atoms with Crippen molar-refractivity contribution in [3.8, 4) is 11.5 Å². The van der Waals surface area contributed by atoms with Crippen LogP contribution in [-0.4, -0.2) is 32.7 Å². The van der Waals surface area contributed by atoms with Gasteiger partial charge >= 0.3 is 0 Å². The maximum Gasteiger partial charge on any atom is 0.237 e. The number of rotatable bonds is 6. The molecule has 154 valence electrons. The molecule has 0 aliphatic heterocycles. The van der Waals surface area contributed by atoms with Crippen LogP contribution in [0.25, 0.3) is 0 Å². The van der Waals surface area contributed by atoms with E-state index in [2.05, 4.69) is 17.4 Å². The highest BCUT2D eigenvalue weighted by molar-refractivity contribution is 5.85. The van der Waals surface area contributed by atoms with Gasteiger partial charge in [-0.3, -0.25) is 4.79 Å². The number of nitrogens with one attached hydrogen (secondary N) is 1. The average Bonchev–Trinajstić information content (AvgIpc) is 2.64. The predicted octanol–water partition coefficient (Wildman–Crippen LogP) is 3.82. The molecule has 27 heavy (non-hydrogen) atoms. The molecule has 1 aromatic rings. The monoisotopic (exact) mass is 398 g/mol. The van der Waals surface area contributed by atoms with Crippen molar-refractivity contribution in [2.75, 3.05) is 20.8 Å². The van der Waals surface area contributed by atoms with Gasteiger partial charge in [0.2, 0.25) is 5.91 Å². The fraction of sp³-hybridized carbons (Fsp3) is 0.667. The van der Waals surface area contributed by atoms with Gasteiger partial charge in [-0.25, -0.2) is 0 Å². The van der Waals surface area contributed by atoms with Crippen LogP contribution in [0.4, 0.5) is 0 Å². The molecule has 0 unspecified atom stereocenters. The van der Waals surface area contributed by atoms with Gasteiger partial charge in [-0.1, -0.05) is 46.1 Å². The standard InChI is InChI=1S/C21H34N2O3.ClH/c1-20(2,3)18(22)19(24)23-14-21(11-7-6-8-12-21)15-9-10-16(25-4)17(13-15)26-5;/h9-10,13,18H,6-8,11-12,14,22H2,1-5H3,(H,23,24);1H/t18-;/m1./s1. The average molecular weight is 399 g/mol. The van der Waals surface area contributed by atoms with Gasteiger partial charge in [0.05, 0.1) is 20.3 Å². The van der Waals surface area contributed by atoms with E-state index in [0.717, 1.165) is 37.2 Å². The third kappa shape index (κ3) is 5.52. The second-order valence-corrected chi connectivity index (χ2v) is 8.47. The van der Waals surface area contributed by atoms with Gasteiger partial charge in [0.15, 0.2) is 11.5 Å². The van der Waals surface area contributed by atoms with Crippen molar-refractivity contribution in [1.82, 2.24) is 5.32 Å². The third-order valence-electron chi connectivity index (χ3n) is 5.62. The zero-order chi connectivity index (χ0) is 19.4. The maximum absolute atomic E-state index is 12.5. The van der Waals surface area contributed by atoms with Crippen molar-refractivity contribution in [2.45, 2.75) is 64.3 Å². The van der Waals surface area contributed by atoms with Crippen molar-refractivity contribution in [3.63, 3.8) is 0 Å². The highest BCUT2D eigenvalue weighted by Gasteiger charge is 2.36. The van der Waals surface area contributed by atoms with Crippen LogP contribution >= 0.6 is 12.4 Å². The summed E-state index contributed by atoms with van der Waals surface area (Å²) in [5, 5.41) is 3.13. The summed E-state index contributed by atoms with van der Waals surface area (Å²) >= 11 is 0. The minimum absolute atomic E-state index is 0. The SMILES string of the molecule is COc1ccc(C2(CNC(=O)[C@@H](N)C(C)(C)C)CCCCC2)cc1OC.Cl. The van der Waals surface area contributed by atoms with Gasteiger partial charge in [0, 0.05) is 12.0 Å². The van der Waals surface area contributed by atoms with Crippen LogP contribution in [0, 0.1) is 5.41 Å². The smallest absolute Gasteiger partial charge is 0.237 e. The maximum atomic E-state index is 12.5. The first-order chi connectivity index (χ1) is 12.2. The van der Waals surface area contributed by atoms with Crippen molar-refractivity contribution in [3.05, 3.63) is 23.8 Å². The molecule has 0 heterocycles. The van der Waals surface area contributed by atoms with E-state index < -0.39 is 6.04 Å². The molecule has 0 bridgehead atoms. The van der Waals surface area contributed by atoms with Crippen LogP contribution in [0.2, 0.25) is 0 Å². The summed E-state index contributed by atoms with van der Waals surface area (Å²) in [7, 11) is 3.29.